The Morgan fingerprint density at radius 3 is 2.60 bits per heavy atom. The molecule has 3 rings (SSSR count). The van der Waals surface area contributed by atoms with Gasteiger partial charge in [0.1, 0.15) is 5.75 Å². The lowest BCUT2D eigenvalue weighted by atomic mass is 10.2. The van der Waals surface area contributed by atoms with Crippen molar-refractivity contribution in [1.29, 1.82) is 0 Å². The van der Waals surface area contributed by atoms with Gasteiger partial charge in [-0.3, -0.25) is 19.1 Å². The monoisotopic (exact) mass is 492 g/mol. The van der Waals surface area contributed by atoms with Gasteiger partial charge < -0.3 is 19.9 Å². The quantitative estimate of drug-likeness (QED) is 0.420. The van der Waals surface area contributed by atoms with Gasteiger partial charge in [0.05, 0.1) is 6.20 Å². The number of aromatic nitrogens is 4. The molecule has 35 heavy (non-hydrogen) atoms. The SMILES string of the molecule is CC(=O)Nc1ccn(CCCCn2cc(C(=O)NCc3cccc(OC(F)(F)F)c3)nn2)c(=O)c1. The maximum atomic E-state index is 12.3. The molecule has 0 fully saturated rings. The molecule has 0 atom stereocenters. The topological polar surface area (TPSA) is 120 Å². The molecule has 0 bridgehead atoms. The van der Waals surface area contributed by atoms with E-state index in [9.17, 15) is 27.6 Å². The Labute approximate surface area is 197 Å². The molecule has 2 N–H and O–H groups in total. The van der Waals surface area contributed by atoms with Crippen LogP contribution in [0.15, 0.2) is 53.6 Å². The van der Waals surface area contributed by atoms with Crippen molar-refractivity contribution in [3.05, 3.63) is 70.4 Å². The number of nitrogens with one attached hydrogen (secondary N) is 2. The van der Waals surface area contributed by atoms with Crippen LogP contribution in [-0.4, -0.2) is 37.7 Å². The Kier molecular flexibility index (Phi) is 8.23. The van der Waals surface area contributed by atoms with Crippen LogP contribution in [0.4, 0.5) is 18.9 Å². The summed E-state index contributed by atoms with van der Waals surface area (Å²) >= 11 is 0. The molecule has 0 radical (unpaired) electrons. The molecule has 13 heteroatoms. The number of hydrogen-bond donors (Lipinski definition) is 2. The number of alkyl halides is 3. The van der Waals surface area contributed by atoms with Crippen molar-refractivity contribution in [2.45, 2.75) is 45.8 Å². The van der Waals surface area contributed by atoms with Gasteiger partial charge in [0.25, 0.3) is 11.5 Å². The van der Waals surface area contributed by atoms with Crippen LogP contribution in [0.2, 0.25) is 0 Å². The fourth-order valence-corrected chi connectivity index (χ4v) is 3.17. The number of amides is 2. The van der Waals surface area contributed by atoms with E-state index in [1.165, 1.54) is 46.6 Å². The third-order valence-corrected chi connectivity index (χ3v) is 4.71. The highest BCUT2D eigenvalue weighted by atomic mass is 19.4. The Morgan fingerprint density at radius 2 is 1.89 bits per heavy atom. The van der Waals surface area contributed by atoms with Crippen LogP contribution >= 0.6 is 0 Å². The zero-order chi connectivity index (χ0) is 25.4. The summed E-state index contributed by atoms with van der Waals surface area (Å²) < 4.78 is 43.9. The molecule has 1 aromatic carbocycles. The number of anilines is 1. The summed E-state index contributed by atoms with van der Waals surface area (Å²) in [5, 5.41) is 12.8. The number of ether oxygens (including phenoxy) is 1. The fourth-order valence-electron chi connectivity index (χ4n) is 3.17. The number of carbonyl (C=O) groups excluding carboxylic acids is 2. The highest BCUT2D eigenvalue weighted by Crippen LogP contribution is 2.23. The zero-order valence-electron chi connectivity index (χ0n) is 18.7. The minimum absolute atomic E-state index is 0.0176. The Morgan fingerprint density at radius 1 is 1.11 bits per heavy atom. The van der Waals surface area contributed by atoms with Crippen LogP contribution in [0.1, 0.15) is 35.8 Å². The molecular weight excluding hydrogens is 469 g/mol. The molecule has 2 heterocycles. The average molecular weight is 492 g/mol. The van der Waals surface area contributed by atoms with Crippen molar-refractivity contribution < 1.29 is 27.5 Å². The summed E-state index contributed by atoms with van der Waals surface area (Å²) in [5.74, 6) is -1.15. The predicted octanol–water partition coefficient (Wildman–Crippen LogP) is 2.71. The van der Waals surface area contributed by atoms with Gasteiger partial charge in [0, 0.05) is 44.5 Å². The fraction of sp³-hybridized carbons (Fsp3) is 0.318. The number of benzene rings is 1. The van der Waals surface area contributed by atoms with Crippen LogP contribution in [0, 0.1) is 0 Å². The predicted molar refractivity (Wildman–Crippen MR) is 119 cm³/mol. The number of aryl methyl sites for hydroxylation is 2. The van der Waals surface area contributed by atoms with Crippen LogP contribution in [0.25, 0.3) is 0 Å². The van der Waals surface area contributed by atoms with Gasteiger partial charge in [-0.15, -0.1) is 18.3 Å². The summed E-state index contributed by atoms with van der Waals surface area (Å²) in [7, 11) is 0. The molecule has 0 spiro atoms. The third-order valence-electron chi connectivity index (χ3n) is 4.71. The molecular formula is C22H23F3N6O4. The van der Waals surface area contributed by atoms with E-state index in [4.69, 9.17) is 0 Å². The molecule has 0 saturated carbocycles. The summed E-state index contributed by atoms with van der Waals surface area (Å²) in [6, 6.07) is 8.29. The molecule has 0 unspecified atom stereocenters. The number of halogens is 3. The number of pyridine rings is 1. The standard InChI is InChI=1S/C22H23F3N6O4/c1-15(32)27-17-7-10-30(20(33)12-17)8-2-3-9-31-14-19(28-29-31)21(34)26-13-16-5-4-6-18(11-16)35-22(23,24)25/h4-7,10-12,14H,2-3,8-9,13H2,1H3,(H,26,34)(H,27,32). The van der Waals surface area contributed by atoms with E-state index in [-0.39, 0.29) is 29.5 Å². The van der Waals surface area contributed by atoms with Crippen LogP contribution < -0.4 is 20.9 Å². The lowest BCUT2D eigenvalue weighted by molar-refractivity contribution is -0.274. The van der Waals surface area contributed by atoms with Crippen molar-refractivity contribution in [2.24, 2.45) is 0 Å². The van der Waals surface area contributed by atoms with Gasteiger partial charge >= 0.3 is 6.36 Å². The molecule has 0 saturated heterocycles. The van der Waals surface area contributed by atoms with Crippen molar-refractivity contribution in [1.82, 2.24) is 24.9 Å². The number of unbranched alkanes of at least 4 members (excludes halogenated alkanes) is 1. The average Bonchev–Trinajstić information content (AvgIpc) is 3.24. The first-order valence-corrected chi connectivity index (χ1v) is 10.6. The van der Waals surface area contributed by atoms with E-state index >= 15 is 0 Å². The molecule has 0 aliphatic carbocycles. The molecule has 10 nitrogen and oxygen atoms in total. The van der Waals surface area contributed by atoms with E-state index in [2.05, 4.69) is 25.7 Å². The van der Waals surface area contributed by atoms with E-state index in [0.29, 0.717) is 37.2 Å². The van der Waals surface area contributed by atoms with Gasteiger partial charge in [-0.2, -0.15) is 0 Å². The number of hydrogen-bond acceptors (Lipinski definition) is 6. The smallest absolute Gasteiger partial charge is 0.406 e. The highest BCUT2D eigenvalue weighted by molar-refractivity contribution is 5.91. The zero-order valence-corrected chi connectivity index (χ0v) is 18.7. The molecule has 186 valence electrons. The van der Waals surface area contributed by atoms with Crippen molar-refractivity contribution >= 4 is 17.5 Å². The second kappa shape index (κ2) is 11.3. The number of rotatable bonds is 10. The van der Waals surface area contributed by atoms with E-state index < -0.39 is 12.3 Å². The molecule has 3 aromatic rings. The maximum absolute atomic E-state index is 12.3. The first kappa shape index (κ1) is 25.5. The van der Waals surface area contributed by atoms with Gasteiger partial charge in [0.2, 0.25) is 5.91 Å². The Balaban J connectivity index is 1.44. The summed E-state index contributed by atoms with van der Waals surface area (Å²) in [4.78, 5) is 35.4. The van der Waals surface area contributed by atoms with Gasteiger partial charge in [-0.05, 0) is 36.6 Å². The lowest BCUT2D eigenvalue weighted by Crippen LogP contribution is -2.23. The second-order valence-corrected chi connectivity index (χ2v) is 7.58. The molecule has 2 amide bonds. The summed E-state index contributed by atoms with van der Waals surface area (Å²) in [6.45, 7) is 2.28. The molecule has 0 aliphatic rings. The largest absolute Gasteiger partial charge is 0.573 e. The maximum Gasteiger partial charge on any atom is 0.573 e. The highest BCUT2D eigenvalue weighted by Gasteiger charge is 2.31. The van der Waals surface area contributed by atoms with E-state index in [1.807, 2.05) is 0 Å². The van der Waals surface area contributed by atoms with Gasteiger partial charge in [0.15, 0.2) is 5.69 Å². The van der Waals surface area contributed by atoms with Crippen molar-refractivity contribution in [3.8, 4) is 5.75 Å². The normalized spacial score (nSPS) is 11.2. The number of carbonyl (C=O) groups is 2. The second-order valence-electron chi connectivity index (χ2n) is 7.58. The number of nitrogens with zero attached hydrogens (tertiary/aromatic N) is 4. The van der Waals surface area contributed by atoms with Crippen molar-refractivity contribution in [3.63, 3.8) is 0 Å². The Bertz CT molecular complexity index is 1240. The van der Waals surface area contributed by atoms with E-state index in [1.54, 1.807) is 18.3 Å². The first-order valence-electron chi connectivity index (χ1n) is 10.6. The Hall–Kier alpha value is -4.16. The molecule has 2 aromatic heterocycles. The minimum Gasteiger partial charge on any atom is -0.406 e. The third kappa shape index (κ3) is 8.28. The van der Waals surface area contributed by atoms with Crippen molar-refractivity contribution in [2.75, 3.05) is 5.32 Å². The van der Waals surface area contributed by atoms with Gasteiger partial charge in [-0.25, -0.2) is 0 Å². The minimum atomic E-state index is -4.80. The van der Waals surface area contributed by atoms with Gasteiger partial charge in [-0.1, -0.05) is 17.3 Å². The first-order chi connectivity index (χ1) is 16.6. The summed E-state index contributed by atoms with van der Waals surface area (Å²) in [6.07, 6.45) is -0.397. The summed E-state index contributed by atoms with van der Waals surface area (Å²) in [5.41, 5.74) is 0.700. The van der Waals surface area contributed by atoms with E-state index in [0.717, 1.165) is 0 Å². The van der Waals surface area contributed by atoms with Crippen LogP contribution in [0.5, 0.6) is 5.75 Å². The van der Waals surface area contributed by atoms with Crippen LogP contribution in [-0.2, 0) is 24.4 Å². The lowest BCUT2D eigenvalue weighted by Gasteiger charge is -2.10. The molecule has 0 aliphatic heterocycles. The van der Waals surface area contributed by atoms with Crippen LogP contribution in [0.3, 0.4) is 0 Å².